The summed E-state index contributed by atoms with van der Waals surface area (Å²) in [6.45, 7) is 0. The third-order valence-electron chi connectivity index (χ3n) is 6.00. The van der Waals surface area contributed by atoms with E-state index in [0.717, 1.165) is 11.0 Å². The minimum atomic E-state index is -1.00. The normalized spacial score (nSPS) is 25.8. The number of carbonyl (C=O) groups is 3. The second kappa shape index (κ2) is 7.38. The third kappa shape index (κ3) is 2.85. The van der Waals surface area contributed by atoms with E-state index in [4.69, 9.17) is 11.6 Å². The molecular weight excluding hydrogens is 436 g/mol. The topological polar surface area (TPSA) is 113 Å². The van der Waals surface area contributed by atoms with Crippen molar-refractivity contribution < 1.29 is 19.3 Å². The van der Waals surface area contributed by atoms with Crippen LogP contribution in [0, 0.1) is 22.0 Å². The highest BCUT2D eigenvalue weighted by atomic mass is 35.5. The molecule has 3 aliphatic rings. The van der Waals surface area contributed by atoms with Crippen LogP contribution in [0.25, 0.3) is 0 Å². The van der Waals surface area contributed by atoms with E-state index in [0.29, 0.717) is 5.56 Å². The van der Waals surface area contributed by atoms with Crippen molar-refractivity contribution in [3.63, 3.8) is 0 Å². The molecule has 0 saturated carbocycles. The number of hydrogen-bond acceptors (Lipinski definition) is 7. The zero-order valence-corrected chi connectivity index (χ0v) is 17.1. The summed E-state index contributed by atoms with van der Waals surface area (Å²) >= 11 is 6.22. The minimum Gasteiger partial charge on any atom is -0.292 e. The van der Waals surface area contributed by atoms with Crippen LogP contribution >= 0.6 is 11.6 Å². The van der Waals surface area contributed by atoms with Gasteiger partial charge in [-0.05, 0) is 12.1 Å². The average molecular weight is 451 g/mol. The van der Waals surface area contributed by atoms with Crippen molar-refractivity contribution in [3.8, 4) is 0 Å². The number of halogens is 1. The second-order valence-corrected chi connectivity index (χ2v) is 8.06. The smallest absolute Gasteiger partial charge is 0.271 e. The fraction of sp³-hybridized carbons (Fsp3) is 0.182. The molecule has 0 bridgehead atoms. The number of imide groups is 1. The van der Waals surface area contributed by atoms with E-state index in [1.807, 2.05) is 0 Å². The Bertz CT molecular complexity index is 1230. The number of fused-ring (bicyclic) bond motifs is 3. The zero-order valence-electron chi connectivity index (χ0n) is 16.4. The average Bonchev–Trinajstić information content (AvgIpc) is 3.27. The Hall–Kier alpha value is -3.85. The summed E-state index contributed by atoms with van der Waals surface area (Å²) in [6, 6.07) is 10.5. The van der Waals surface area contributed by atoms with Crippen LogP contribution in [-0.2, 0) is 9.59 Å². The number of nitrogens with zero attached hydrogens (tertiary/aromatic N) is 4. The number of Topliss-reactive ketones (excluding diaryl/α,β-unsaturated/α-hetero) is 1. The maximum atomic E-state index is 13.5. The first kappa shape index (κ1) is 20.1. The quantitative estimate of drug-likeness (QED) is 0.306. The first-order chi connectivity index (χ1) is 15.4. The fourth-order valence-electron chi connectivity index (χ4n) is 4.63. The van der Waals surface area contributed by atoms with Crippen LogP contribution < -0.4 is 4.90 Å². The molecular formula is C22H15ClN4O5. The van der Waals surface area contributed by atoms with Gasteiger partial charge in [-0.25, -0.2) is 4.90 Å². The molecule has 0 N–H and O–H groups in total. The molecule has 0 aliphatic carbocycles. The lowest BCUT2D eigenvalue weighted by atomic mass is 9.86. The van der Waals surface area contributed by atoms with Crippen LogP contribution in [0.3, 0.4) is 0 Å². The Labute approximate surface area is 186 Å². The molecule has 2 fully saturated rings. The molecule has 0 radical (unpaired) electrons. The lowest BCUT2D eigenvalue weighted by Crippen LogP contribution is -2.46. The molecule has 5 rings (SSSR count). The Balaban J connectivity index is 1.60. The molecule has 2 aromatic rings. The molecule has 4 atom stereocenters. The van der Waals surface area contributed by atoms with E-state index in [1.54, 1.807) is 42.5 Å². The highest BCUT2D eigenvalue weighted by Crippen LogP contribution is 2.47. The van der Waals surface area contributed by atoms with E-state index in [2.05, 4.69) is 5.10 Å². The lowest BCUT2D eigenvalue weighted by molar-refractivity contribution is -0.384. The molecule has 2 aromatic carbocycles. The Kier molecular flexibility index (Phi) is 4.63. The summed E-state index contributed by atoms with van der Waals surface area (Å²) < 4.78 is 0. The number of rotatable bonds is 4. The number of amides is 2. The van der Waals surface area contributed by atoms with Crippen molar-refractivity contribution in [1.82, 2.24) is 5.01 Å². The Morgan fingerprint density at radius 1 is 1.06 bits per heavy atom. The van der Waals surface area contributed by atoms with Gasteiger partial charge in [-0.3, -0.25) is 29.5 Å². The van der Waals surface area contributed by atoms with Crippen molar-refractivity contribution in [2.75, 3.05) is 4.90 Å². The molecule has 32 heavy (non-hydrogen) atoms. The number of allylic oxidation sites excluding steroid dienone is 1. The molecule has 2 saturated heterocycles. The maximum absolute atomic E-state index is 13.5. The summed E-state index contributed by atoms with van der Waals surface area (Å²) in [6.07, 6.45) is 4.90. The van der Waals surface area contributed by atoms with Gasteiger partial charge in [0.2, 0.25) is 11.8 Å². The van der Waals surface area contributed by atoms with Gasteiger partial charge in [0.25, 0.3) is 5.69 Å². The van der Waals surface area contributed by atoms with Crippen molar-refractivity contribution in [2.24, 2.45) is 16.9 Å². The highest BCUT2D eigenvalue weighted by molar-refractivity contribution is 6.36. The number of hydrogen-bond donors (Lipinski definition) is 0. The van der Waals surface area contributed by atoms with Crippen molar-refractivity contribution >= 4 is 46.8 Å². The van der Waals surface area contributed by atoms with Crippen LogP contribution in [0.5, 0.6) is 0 Å². The van der Waals surface area contributed by atoms with Gasteiger partial charge in [0.1, 0.15) is 6.04 Å². The van der Waals surface area contributed by atoms with Gasteiger partial charge < -0.3 is 0 Å². The zero-order chi connectivity index (χ0) is 22.6. The summed E-state index contributed by atoms with van der Waals surface area (Å²) in [5.74, 6) is -3.40. The predicted molar refractivity (Wildman–Crippen MR) is 115 cm³/mol. The van der Waals surface area contributed by atoms with E-state index < -0.39 is 40.7 Å². The number of non-ortho nitro benzene ring substituents is 1. The third-order valence-corrected chi connectivity index (χ3v) is 6.32. The van der Waals surface area contributed by atoms with Gasteiger partial charge in [-0.1, -0.05) is 48.0 Å². The van der Waals surface area contributed by atoms with Crippen LogP contribution in [-0.4, -0.2) is 45.8 Å². The van der Waals surface area contributed by atoms with Crippen LogP contribution in [0.1, 0.15) is 10.4 Å². The van der Waals surface area contributed by atoms with Crippen molar-refractivity contribution in [3.05, 3.63) is 81.4 Å². The van der Waals surface area contributed by atoms with E-state index >= 15 is 0 Å². The number of carbonyl (C=O) groups excluding carboxylic acids is 3. The summed E-state index contributed by atoms with van der Waals surface area (Å²) in [7, 11) is 0. The minimum absolute atomic E-state index is 0.0253. The molecule has 3 aliphatic heterocycles. The first-order valence-corrected chi connectivity index (χ1v) is 10.2. The number of nitro groups is 1. The van der Waals surface area contributed by atoms with Crippen molar-refractivity contribution in [2.45, 2.75) is 12.1 Å². The largest absolute Gasteiger partial charge is 0.292 e. The van der Waals surface area contributed by atoms with E-state index in [-0.39, 0.29) is 22.2 Å². The summed E-state index contributed by atoms with van der Waals surface area (Å²) in [5, 5.41) is 17.0. The molecule has 10 heteroatoms. The van der Waals surface area contributed by atoms with Gasteiger partial charge in [0.05, 0.1) is 33.5 Å². The van der Waals surface area contributed by atoms with Gasteiger partial charge in [-0.15, -0.1) is 0 Å². The summed E-state index contributed by atoms with van der Waals surface area (Å²) in [4.78, 5) is 51.9. The monoisotopic (exact) mass is 450 g/mol. The lowest BCUT2D eigenvalue weighted by Gasteiger charge is -2.30. The molecule has 9 nitrogen and oxygen atoms in total. The second-order valence-electron chi connectivity index (χ2n) is 7.65. The SMILES string of the molecule is O=C(c1ccccc1)[C@@H]1[C@@H]2C(=O)N(c3cc([N+](=O)[O-])ccc3Cl)C(=O)[C@@H]2[C@@H]2C=CC=NN12. The maximum Gasteiger partial charge on any atom is 0.271 e. The van der Waals surface area contributed by atoms with E-state index in [9.17, 15) is 24.5 Å². The Morgan fingerprint density at radius 3 is 2.50 bits per heavy atom. The molecule has 0 unspecified atom stereocenters. The predicted octanol–water partition coefficient (Wildman–Crippen LogP) is 2.85. The fourth-order valence-corrected chi connectivity index (χ4v) is 4.84. The number of anilines is 1. The van der Waals surface area contributed by atoms with E-state index in [1.165, 1.54) is 23.4 Å². The number of nitro benzene ring substituents is 1. The first-order valence-electron chi connectivity index (χ1n) is 9.80. The van der Waals surface area contributed by atoms with Crippen LogP contribution in [0.4, 0.5) is 11.4 Å². The molecule has 3 heterocycles. The number of benzene rings is 2. The van der Waals surface area contributed by atoms with Gasteiger partial charge in [0.15, 0.2) is 5.78 Å². The molecule has 2 amide bonds. The van der Waals surface area contributed by atoms with Gasteiger partial charge in [0, 0.05) is 23.9 Å². The summed E-state index contributed by atoms with van der Waals surface area (Å²) in [5.41, 5.74) is 0.0301. The number of hydrazone groups is 1. The molecule has 0 aromatic heterocycles. The van der Waals surface area contributed by atoms with Gasteiger partial charge >= 0.3 is 0 Å². The molecule has 160 valence electrons. The van der Waals surface area contributed by atoms with Gasteiger partial charge in [-0.2, -0.15) is 5.10 Å². The van der Waals surface area contributed by atoms with Crippen molar-refractivity contribution in [1.29, 1.82) is 0 Å². The number of ketones is 1. The Morgan fingerprint density at radius 2 is 1.78 bits per heavy atom. The molecule has 0 spiro atoms. The standard InChI is InChI=1S/C22H15ClN4O5/c23-14-9-8-13(27(31)32)11-16(14)25-21(29)17-15-7-4-10-24-26(15)19(18(17)22(25)30)20(28)12-5-2-1-3-6-12/h1-11,15,17-19H/t15-,17+,18+,19-/m0/s1. The highest BCUT2D eigenvalue weighted by Gasteiger charge is 2.64. The van der Waals surface area contributed by atoms with Crippen LogP contribution in [0.2, 0.25) is 5.02 Å². The van der Waals surface area contributed by atoms with Crippen LogP contribution in [0.15, 0.2) is 65.8 Å².